The summed E-state index contributed by atoms with van der Waals surface area (Å²) in [5.74, 6) is -2.24. The first kappa shape index (κ1) is 65.2. The number of carboxylic acid groups (broad SMARTS) is 1. The SMILES string of the molecule is C=CCCCCCCCCCCCCCCCCC(=O)NC(CCC(=O)NCCCC[C@H](N)C(=O)NCCCCC(N)C(=O)NCCCCC(NC)C(=O)S)C(=O)O.CC.CC(C)O. The molecule has 64 heavy (non-hydrogen) atoms. The largest absolute Gasteiger partial charge is 0.480 e. The number of thiol groups is 1. The highest BCUT2D eigenvalue weighted by Crippen LogP contribution is 2.14. The van der Waals surface area contributed by atoms with Gasteiger partial charge >= 0.3 is 5.97 Å². The first-order valence-electron chi connectivity index (χ1n) is 24.7. The quantitative estimate of drug-likeness (QED) is 0.0175. The number of carbonyl (C=O) groups is 6. The number of hydrogen-bond donors (Lipinski definition) is 10. The van der Waals surface area contributed by atoms with Crippen LogP contribution in [0.25, 0.3) is 0 Å². The predicted octanol–water partition coefficient (Wildman–Crippen LogP) is 6.74. The molecule has 0 aliphatic rings. The van der Waals surface area contributed by atoms with E-state index in [9.17, 15) is 33.9 Å². The lowest BCUT2D eigenvalue weighted by Crippen LogP contribution is -2.42. The lowest BCUT2D eigenvalue weighted by atomic mass is 10.0. The number of likely N-dealkylation sites (N-methyl/N-ethyl adjacent to an activating group) is 1. The van der Waals surface area contributed by atoms with Crippen molar-refractivity contribution in [3.05, 3.63) is 12.7 Å². The Kier molecular flexibility index (Phi) is 48.8. The number of unbranched alkanes of at least 4 members (excludes halogenated alkanes) is 17. The molecular formula is C48H95N7O8S. The minimum Gasteiger partial charge on any atom is -0.480 e. The highest BCUT2D eigenvalue weighted by molar-refractivity contribution is 7.96. The van der Waals surface area contributed by atoms with E-state index in [0.29, 0.717) is 64.6 Å². The molecule has 0 saturated heterocycles. The number of amides is 4. The van der Waals surface area contributed by atoms with Crippen LogP contribution >= 0.6 is 12.6 Å². The number of aliphatic hydroxyl groups excluding tert-OH is 1. The van der Waals surface area contributed by atoms with Gasteiger partial charge in [-0.3, -0.25) is 24.0 Å². The molecular weight excluding hydrogens is 835 g/mol. The van der Waals surface area contributed by atoms with Crippen LogP contribution in [0.5, 0.6) is 0 Å². The van der Waals surface area contributed by atoms with Gasteiger partial charge < -0.3 is 48.3 Å². The van der Waals surface area contributed by atoms with Gasteiger partial charge in [-0.2, -0.15) is 0 Å². The fourth-order valence-corrected chi connectivity index (χ4v) is 6.86. The molecule has 376 valence electrons. The third kappa shape index (κ3) is 45.5. The molecule has 0 saturated carbocycles. The second-order valence-corrected chi connectivity index (χ2v) is 17.1. The van der Waals surface area contributed by atoms with E-state index < -0.39 is 24.1 Å². The molecule has 0 fully saturated rings. The molecule has 0 aliphatic carbocycles. The number of aliphatic carboxylic acids is 1. The first-order chi connectivity index (χ1) is 30.7. The van der Waals surface area contributed by atoms with Crippen molar-refractivity contribution in [3.63, 3.8) is 0 Å². The predicted molar refractivity (Wildman–Crippen MR) is 265 cm³/mol. The Balaban J connectivity index is -0.00000584. The average molecular weight is 930 g/mol. The minimum atomic E-state index is -1.16. The number of hydrogen-bond acceptors (Lipinski definition) is 10. The summed E-state index contributed by atoms with van der Waals surface area (Å²) in [5, 5.41) is 31.3. The molecule has 4 atom stereocenters. The highest BCUT2D eigenvalue weighted by atomic mass is 32.1. The third-order valence-electron chi connectivity index (χ3n) is 10.4. The zero-order valence-corrected chi connectivity index (χ0v) is 41.7. The molecule has 0 heterocycles. The summed E-state index contributed by atoms with van der Waals surface area (Å²) >= 11 is 3.84. The third-order valence-corrected chi connectivity index (χ3v) is 10.7. The van der Waals surface area contributed by atoms with Crippen molar-refractivity contribution < 1.29 is 39.0 Å². The lowest BCUT2D eigenvalue weighted by molar-refractivity contribution is -0.142. The summed E-state index contributed by atoms with van der Waals surface area (Å²) < 4.78 is 0. The Labute approximate surface area is 393 Å². The Bertz CT molecular complexity index is 1190. The molecule has 11 N–H and O–H groups in total. The van der Waals surface area contributed by atoms with Gasteiger partial charge in [0.25, 0.3) is 0 Å². The van der Waals surface area contributed by atoms with Gasteiger partial charge in [0.2, 0.25) is 28.7 Å². The van der Waals surface area contributed by atoms with Crippen molar-refractivity contribution in [2.24, 2.45) is 11.5 Å². The van der Waals surface area contributed by atoms with Crippen molar-refractivity contribution in [2.75, 3.05) is 26.7 Å². The summed E-state index contributed by atoms with van der Waals surface area (Å²) in [5.41, 5.74) is 12.0. The molecule has 0 spiro atoms. The second kappa shape index (κ2) is 47.9. The van der Waals surface area contributed by atoms with Crippen molar-refractivity contribution in [3.8, 4) is 0 Å². The molecule has 0 aliphatic heterocycles. The summed E-state index contributed by atoms with van der Waals surface area (Å²) in [6.45, 7) is 12.5. The van der Waals surface area contributed by atoms with Crippen molar-refractivity contribution in [2.45, 2.75) is 231 Å². The maximum absolute atomic E-state index is 12.4. The van der Waals surface area contributed by atoms with Gasteiger partial charge in [0.05, 0.1) is 18.1 Å². The van der Waals surface area contributed by atoms with E-state index in [1.54, 1.807) is 20.9 Å². The maximum atomic E-state index is 12.4. The van der Waals surface area contributed by atoms with E-state index in [4.69, 9.17) is 16.6 Å². The summed E-state index contributed by atoms with van der Waals surface area (Å²) in [6, 6.07) is -2.72. The summed E-state index contributed by atoms with van der Waals surface area (Å²) in [6.07, 6.45) is 25.7. The van der Waals surface area contributed by atoms with E-state index >= 15 is 0 Å². The number of allylic oxidation sites excluding steroid dienone is 1. The van der Waals surface area contributed by atoms with Gasteiger partial charge in [-0.1, -0.05) is 97.0 Å². The van der Waals surface area contributed by atoms with Crippen molar-refractivity contribution in [1.29, 1.82) is 0 Å². The van der Waals surface area contributed by atoms with Crippen LogP contribution in [0.3, 0.4) is 0 Å². The maximum Gasteiger partial charge on any atom is 0.326 e. The molecule has 0 bridgehead atoms. The van der Waals surface area contributed by atoms with Crippen LogP contribution in [0.15, 0.2) is 12.7 Å². The molecule has 0 radical (unpaired) electrons. The van der Waals surface area contributed by atoms with E-state index in [-0.39, 0.29) is 60.2 Å². The van der Waals surface area contributed by atoms with Crippen LogP contribution in [0, 0.1) is 0 Å². The van der Waals surface area contributed by atoms with Gasteiger partial charge in [0, 0.05) is 38.6 Å². The van der Waals surface area contributed by atoms with Crippen LogP contribution in [-0.2, 0) is 28.8 Å². The van der Waals surface area contributed by atoms with Gasteiger partial charge in [-0.05, 0) is 104 Å². The number of aliphatic hydroxyl groups is 1. The minimum absolute atomic E-state index is 0.00659. The fraction of sp³-hybridized carbons (Fsp3) is 0.833. The Morgan fingerprint density at radius 2 is 0.953 bits per heavy atom. The summed E-state index contributed by atoms with van der Waals surface area (Å²) in [7, 11) is 1.71. The molecule has 3 unspecified atom stereocenters. The summed E-state index contributed by atoms with van der Waals surface area (Å²) in [4.78, 5) is 72.3. The molecule has 16 heteroatoms. The molecule has 0 rings (SSSR count). The molecule has 4 amide bonds. The van der Waals surface area contributed by atoms with Crippen LogP contribution in [0.1, 0.15) is 201 Å². The number of nitrogens with two attached hydrogens (primary N) is 2. The van der Waals surface area contributed by atoms with Gasteiger partial charge in [-0.25, -0.2) is 4.79 Å². The monoisotopic (exact) mass is 930 g/mol. The van der Waals surface area contributed by atoms with E-state index in [2.05, 4.69) is 45.8 Å². The molecule has 0 aromatic carbocycles. The van der Waals surface area contributed by atoms with Gasteiger partial charge in [-0.15, -0.1) is 19.2 Å². The topological polar surface area (TPSA) is 255 Å². The van der Waals surface area contributed by atoms with Crippen molar-refractivity contribution >= 4 is 47.3 Å². The molecule has 0 aromatic rings. The number of rotatable bonds is 41. The van der Waals surface area contributed by atoms with Gasteiger partial charge in [0.1, 0.15) is 6.04 Å². The molecule has 15 nitrogen and oxygen atoms in total. The zero-order chi connectivity index (χ0) is 48.8. The average Bonchev–Trinajstić information content (AvgIpc) is 3.25. The van der Waals surface area contributed by atoms with Crippen molar-refractivity contribution in [1.82, 2.24) is 26.6 Å². The Morgan fingerprint density at radius 3 is 1.34 bits per heavy atom. The standard InChI is InChI=1S/C43H81N7O7S.C3H8O.C2H6/c1-3-4-5-6-7-8-9-10-11-12-13-14-15-16-17-18-28-39(52)50-36(42(55)56)29-30-38(51)47-31-22-19-25-34(44)40(53)48-32-23-20-26-35(45)41(54)49-33-24-21-27-37(46-2)43(57)58;1-3(2)4;1-2/h3,34-37,46H,1,4-33,44-45H2,2H3,(H,47,51)(H,48,53)(H,49,54)(H,50,52)(H,55,56)(H,57,58);3-4H,1-2H3;1-2H3/t34-,35?,36?,37?;;/m0../s1. The van der Waals surface area contributed by atoms with Crippen LogP contribution in [0.2, 0.25) is 0 Å². The Hall–Kier alpha value is -3.05. The first-order valence-corrected chi connectivity index (χ1v) is 25.1. The van der Waals surface area contributed by atoms with Gasteiger partial charge in [0.15, 0.2) is 0 Å². The lowest BCUT2D eigenvalue weighted by Gasteiger charge is -2.15. The van der Waals surface area contributed by atoms with E-state index in [0.717, 1.165) is 44.9 Å². The molecule has 0 aromatic heterocycles. The smallest absolute Gasteiger partial charge is 0.326 e. The zero-order valence-electron chi connectivity index (χ0n) is 40.8. The Morgan fingerprint density at radius 1 is 0.562 bits per heavy atom. The number of nitrogens with one attached hydrogen (secondary N) is 5. The highest BCUT2D eigenvalue weighted by Gasteiger charge is 2.21. The van der Waals surface area contributed by atoms with Crippen LogP contribution in [0.4, 0.5) is 0 Å². The van der Waals surface area contributed by atoms with E-state index in [1.807, 2.05) is 19.9 Å². The fourth-order valence-electron chi connectivity index (χ4n) is 6.60. The van der Waals surface area contributed by atoms with E-state index in [1.165, 1.54) is 64.2 Å². The van der Waals surface area contributed by atoms with Crippen LogP contribution in [-0.4, -0.2) is 102 Å². The van der Waals surface area contributed by atoms with Crippen LogP contribution < -0.4 is 38.1 Å². The number of carbonyl (C=O) groups excluding carboxylic acids is 5. The number of carboxylic acids is 1. The second-order valence-electron chi connectivity index (χ2n) is 16.7. The normalized spacial score (nSPS) is 12.6.